The highest BCUT2D eigenvalue weighted by atomic mass is 19.4. The zero-order valence-electron chi connectivity index (χ0n) is 8.42. The first-order valence-electron chi connectivity index (χ1n) is 4.29. The Labute approximate surface area is 87.9 Å². The van der Waals surface area contributed by atoms with Gasteiger partial charge in [0.25, 0.3) is 0 Å². The van der Waals surface area contributed by atoms with Crippen LogP contribution in [0.4, 0.5) is 26.3 Å². The third kappa shape index (κ3) is 2.48. The summed E-state index contributed by atoms with van der Waals surface area (Å²) in [6, 6.07) is 1.05. The maximum Gasteiger partial charge on any atom is 0.416 e. The second-order valence-corrected chi connectivity index (χ2v) is 3.48. The van der Waals surface area contributed by atoms with Crippen LogP contribution in [0.3, 0.4) is 0 Å². The van der Waals surface area contributed by atoms with Gasteiger partial charge in [0, 0.05) is 0 Å². The van der Waals surface area contributed by atoms with Crippen molar-refractivity contribution < 1.29 is 26.3 Å². The lowest BCUT2D eigenvalue weighted by molar-refractivity contribution is -0.143. The average Bonchev–Trinajstić information content (AvgIpc) is 1.97. The summed E-state index contributed by atoms with van der Waals surface area (Å²) in [5, 5.41) is 0. The summed E-state index contributed by atoms with van der Waals surface area (Å²) in [7, 11) is 0. The molecule has 0 atom stereocenters. The molecule has 1 aromatic rings. The monoisotopic (exact) mass is 242 g/mol. The molecule has 0 nitrogen and oxygen atoms in total. The summed E-state index contributed by atoms with van der Waals surface area (Å²) in [4.78, 5) is 0. The van der Waals surface area contributed by atoms with Crippen molar-refractivity contribution in [3.05, 3.63) is 34.4 Å². The number of hydrogen-bond acceptors (Lipinski definition) is 0. The van der Waals surface area contributed by atoms with Crippen molar-refractivity contribution >= 4 is 0 Å². The minimum Gasteiger partial charge on any atom is -0.166 e. The van der Waals surface area contributed by atoms with E-state index in [4.69, 9.17) is 0 Å². The van der Waals surface area contributed by atoms with Crippen LogP contribution in [0, 0.1) is 13.8 Å². The third-order valence-corrected chi connectivity index (χ3v) is 2.18. The van der Waals surface area contributed by atoms with Crippen molar-refractivity contribution in [1.82, 2.24) is 0 Å². The summed E-state index contributed by atoms with van der Waals surface area (Å²) in [6.45, 7) is 2.27. The lowest BCUT2D eigenvalue weighted by Crippen LogP contribution is -2.13. The van der Waals surface area contributed by atoms with Crippen LogP contribution < -0.4 is 0 Å². The highest BCUT2D eigenvalue weighted by Gasteiger charge is 2.38. The Kier molecular flexibility index (Phi) is 2.96. The molecule has 0 saturated heterocycles. The summed E-state index contributed by atoms with van der Waals surface area (Å²) >= 11 is 0. The standard InChI is InChI=1S/C10H8F6/c1-5-3-6(2)8(10(14,15)16)4-7(5)9(11,12)13/h3-4H,1-2H3. The van der Waals surface area contributed by atoms with Gasteiger partial charge in [-0.2, -0.15) is 26.3 Å². The van der Waals surface area contributed by atoms with E-state index in [2.05, 4.69) is 0 Å². The predicted molar refractivity (Wildman–Crippen MR) is 45.9 cm³/mol. The molecule has 0 aliphatic carbocycles. The van der Waals surface area contributed by atoms with Crippen molar-refractivity contribution in [2.24, 2.45) is 0 Å². The normalized spacial score (nSPS) is 13.0. The van der Waals surface area contributed by atoms with Gasteiger partial charge >= 0.3 is 12.4 Å². The number of halogens is 6. The van der Waals surface area contributed by atoms with E-state index in [0.717, 1.165) is 19.9 Å². The van der Waals surface area contributed by atoms with Crippen LogP contribution in [0.5, 0.6) is 0 Å². The van der Waals surface area contributed by atoms with Crippen molar-refractivity contribution in [3.63, 3.8) is 0 Å². The smallest absolute Gasteiger partial charge is 0.166 e. The molecular formula is C10H8F6. The van der Waals surface area contributed by atoms with E-state index < -0.39 is 23.5 Å². The second kappa shape index (κ2) is 3.68. The van der Waals surface area contributed by atoms with Crippen LogP contribution in [0.2, 0.25) is 0 Å². The van der Waals surface area contributed by atoms with Gasteiger partial charge in [-0.05, 0) is 31.0 Å². The van der Waals surface area contributed by atoms with E-state index in [1.807, 2.05) is 0 Å². The first-order chi connectivity index (χ1) is 7.03. The molecule has 0 unspecified atom stereocenters. The third-order valence-electron chi connectivity index (χ3n) is 2.18. The zero-order chi connectivity index (χ0) is 12.7. The van der Waals surface area contributed by atoms with Gasteiger partial charge < -0.3 is 0 Å². The lowest BCUT2D eigenvalue weighted by Gasteiger charge is -2.16. The molecule has 0 heterocycles. The number of rotatable bonds is 0. The molecule has 0 bridgehead atoms. The number of alkyl halides is 6. The number of hydrogen-bond donors (Lipinski definition) is 0. The maximum absolute atomic E-state index is 12.4. The van der Waals surface area contributed by atoms with Crippen molar-refractivity contribution in [2.75, 3.05) is 0 Å². The van der Waals surface area contributed by atoms with Gasteiger partial charge in [-0.1, -0.05) is 6.07 Å². The molecule has 0 spiro atoms. The average molecular weight is 242 g/mol. The summed E-state index contributed by atoms with van der Waals surface area (Å²) < 4.78 is 74.3. The minimum absolute atomic E-state index is 0.157. The van der Waals surface area contributed by atoms with Crippen LogP contribution in [-0.2, 0) is 12.4 Å². The van der Waals surface area contributed by atoms with E-state index >= 15 is 0 Å². The van der Waals surface area contributed by atoms with Crippen LogP contribution in [0.15, 0.2) is 12.1 Å². The van der Waals surface area contributed by atoms with E-state index in [-0.39, 0.29) is 17.2 Å². The molecule has 16 heavy (non-hydrogen) atoms. The van der Waals surface area contributed by atoms with E-state index in [1.54, 1.807) is 0 Å². The van der Waals surface area contributed by atoms with Gasteiger partial charge in [0.2, 0.25) is 0 Å². The maximum atomic E-state index is 12.4. The molecule has 0 radical (unpaired) electrons. The predicted octanol–water partition coefficient (Wildman–Crippen LogP) is 4.34. The Bertz CT molecular complexity index is 364. The fraction of sp³-hybridized carbons (Fsp3) is 0.400. The minimum atomic E-state index is -4.77. The quantitative estimate of drug-likeness (QED) is 0.593. The van der Waals surface area contributed by atoms with Gasteiger partial charge in [0.15, 0.2) is 0 Å². The van der Waals surface area contributed by atoms with Gasteiger partial charge in [-0.25, -0.2) is 0 Å². The molecule has 0 saturated carbocycles. The molecule has 0 aromatic heterocycles. The van der Waals surface area contributed by atoms with Crippen LogP contribution >= 0.6 is 0 Å². The highest BCUT2D eigenvalue weighted by Crippen LogP contribution is 2.38. The zero-order valence-corrected chi connectivity index (χ0v) is 8.42. The van der Waals surface area contributed by atoms with Gasteiger partial charge in [-0.3, -0.25) is 0 Å². The molecule has 1 aromatic carbocycles. The van der Waals surface area contributed by atoms with Crippen molar-refractivity contribution in [2.45, 2.75) is 26.2 Å². The Hall–Kier alpha value is -1.20. The summed E-state index contributed by atoms with van der Waals surface area (Å²) in [5.74, 6) is 0. The molecular weight excluding hydrogens is 234 g/mol. The summed E-state index contributed by atoms with van der Waals surface area (Å²) in [5.41, 5.74) is -2.91. The summed E-state index contributed by atoms with van der Waals surface area (Å²) in [6.07, 6.45) is -9.53. The highest BCUT2D eigenvalue weighted by molar-refractivity contribution is 5.40. The van der Waals surface area contributed by atoms with Crippen LogP contribution in [0.25, 0.3) is 0 Å². The SMILES string of the molecule is Cc1cc(C)c(C(F)(F)F)cc1C(F)(F)F. The first kappa shape index (κ1) is 12.9. The molecule has 90 valence electrons. The second-order valence-electron chi connectivity index (χ2n) is 3.48. The van der Waals surface area contributed by atoms with E-state index in [0.29, 0.717) is 0 Å². The fourth-order valence-corrected chi connectivity index (χ4v) is 1.46. The van der Waals surface area contributed by atoms with Gasteiger partial charge in [0.1, 0.15) is 0 Å². The molecule has 6 heteroatoms. The number of benzene rings is 1. The number of aryl methyl sites for hydroxylation is 2. The van der Waals surface area contributed by atoms with Crippen molar-refractivity contribution in [1.29, 1.82) is 0 Å². The van der Waals surface area contributed by atoms with Crippen LogP contribution in [-0.4, -0.2) is 0 Å². The van der Waals surface area contributed by atoms with E-state index in [1.165, 1.54) is 0 Å². The Morgan fingerprint density at radius 1 is 0.688 bits per heavy atom. The Morgan fingerprint density at radius 3 is 1.25 bits per heavy atom. The van der Waals surface area contributed by atoms with Gasteiger partial charge in [-0.15, -0.1) is 0 Å². The molecule has 0 aliphatic rings. The Morgan fingerprint density at radius 2 is 1.00 bits per heavy atom. The fourth-order valence-electron chi connectivity index (χ4n) is 1.46. The van der Waals surface area contributed by atoms with E-state index in [9.17, 15) is 26.3 Å². The molecule has 1 rings (SSSR count). The van der Waals surface area contributed by atoms with Crippen molar-refractivity contribution in [3.8, 4) is 0 Å². The topological polar surface area (TPSA) is 0 Å². The lowest BCUT2D eigenvalue weighted by atomic mass is 9.99. The Balaban J connectivity index is 3.45. The molecule has 0 aliphatic heterocycles. The van der Waals surface area contributed by atoms with Crippen LogP contribution in [0.1, 0.15) is 22.3 Å². The van der Waals surface area contributed by atoms with Gasteiger partial charge in [0.05, 0.1) is 11.1 Å². The largest absolute Gasteiger partial charge is 0.416 e. The molecule has 0 fully saturated rings. The molecule has 0 N–H and O–H groups in total. The first-order valence-corrected chi connectivity index (χ1v) is 4.29. The molecule has 0 amide bonds.